The maximum absolute atomic E-state index is 12.7. The molecule has 2 heterocycles. The minimum absolute atomic E-state index is 0.174. The van der Waals surface area contributed by atoms with E-state index in [0.717, 1.165) is 16.5 Å². The van der Waals surface area contributed by atoms with Crippen molar-refractivity contribution in [2.75, 3.05) is 26.2 Å². The van der Waals surface area contributed by atoms with Crippen LogP contribution in [0.3, 0.4) is 0 Å². The van der Waals surface area contributed by atoms with E-state index in [1.54, 1.807) is 6.07 Å². The van der Waals surface area contributed by atoms with Crippen molar-refractivity contribution in [3.63, 3.8) is 0 Å². The molecule has 0 radical (unpaired) electrons. The quantitative estimate of drug-likeness (QED) is 0.642. The summed E-state index contributed by atoms with van der Waals surface area (Å²) in [6.07, 6.45) is -2.19. The van der Waals surface area contributed by atoms with Gasteiger partial charge in [0, 0.05) is 29.6 Å². The minimum atomic E-state index is -4.23. The van der Waals surface area contributed by atoms with Gasteiger partial charge in [0.05, 0.1) is 18.2 Å². The molecule has 0 spiro atoms. The molecule has 1 aliphatic heterocycles. The van der Waals surface area contributed by atoms with E-state index in [1.165, 1.54) is 4.90 Å². The van der Waals surface area contributed by atoms with Gasteiger partial charge in [-0.2, -0.15) is 13.2 Å². The molecule has 7 nitrogen and oxygen atoms in total. The monoisotopic (exact) mass is 476 g/mol. The second kappa shape index (κ2) is 8.20. The van der Waals surface area contributed by atoms with E-state index in [9.17, 15) is 22.8 Å². The first-order valence-corrected chi connectivity index (χ1v) is 11.4. The Morgan fingerprint density at radius 1 is 1.15 bits per heavy atom. The fourth-order valence-corrected chi connectivity index (χ4v) is 5.59. The summed E-state index contributed by atoms with van der Waals surface area (Å²) in [7, 11) is 0. The molecule has 4 aliphatic rings. The van der Waals surface area contributed by atoms with Gasteiger partial charge in [-0.05, 0) is 50.8 Å². The summed E-state index contributed by atoms with van der Waals surface area (Å²) < 4.78 is 43.0. The maximum Gasteiger partial charge on any atom is 0.401 e. The smallest absolute Gasteiger partial charge is 0.367 e. The molecule has 4 fully saturated rings. The Hall–Kier alpha value is -2.72. The van der Waals surface area contributed by atoms with E-state index in [0.29, 0.717) is 37.9 Å². The number of nitrogens with one attached hydrogen (secondary N) is 2. The van der Waals surface area contributed by atoms with Gasteiger partial charge in [-0.1, -0.05) is 17.7 Å². The molecular weight excluding hydrogens is 449 g/mol. The first-order valence-electron chi connectivity index (χ1n) is 11.4. The van der Waals surface area contributed by atoms with Gasteiger partial charge >= 0.3 is 6.18 Å². The molecule has 2 aromatic rings. The average molecular weight is 476 g/mol. The number of hydrogen-bond donors (Lipinski definition) is 2. The van der Waals surface area contributed by atoms with Crippen LogP contribution >= 0.6 is 0 Å². The highest BCUT2D eigenvalue weighted by Crippen LogP contribution is 2.60. The lowest BCUT2D eigenvalue weighted by Crippen LogP contribution is -2.84. The number of ether oxygens (including phenoxy) is 1. The number of carbonyl (C=O) groups is 2. The molecule has 3 aliphatic carbocycles. The summed E-state index contributed by atoms with van der Waals surface area (Å²) >= 11 is 0. The summed E-state index contributed by atoms with van der Waals surface area (Å²) in [6, 6.07) is 9.48. The van der Waals surface area contributed by atoms with Crippen LogP contribution < -0.4 is 10.6 Å². The van der Waals surface area contributed by atoms with Crippen LogP contribution in [-0.2, 0) is 9.53 Å². The molecular formula is C24H27F3N4O3. The molecule has 1 aromatic carbocycles. The molecule has 2 bridgehead atoms. The second-order valence-electron chi connectivity index (χ2n) is 10.1. The SMILES string of the molecule is Cc1ccc2nc(C(=O)NC34CC(NC(=O)CO[C@@H]5CCN(CC(F)(F)F)C5)(C3)C4)ccc2c1. The minimum Gasteiger partial charge on any atom is -0.367 e. The van der Waals surface area contributed by atoms with E-state index in [2.05, 4.69) is 15.6 Å². The Labute approximate surface area is 195 Å². The number of hydrogen-bond acceptors (Lipinski definition) is 5. The number of aromatic nitrogens is 1. The number of amides is 2. The molecule has 2 N–H and O–H groups in total. The lowest BCUT2D eigenvalue weighted by Gasteiger charge is -2.70. The predicted molar refractivity (Wildman–Crippen MR) is 118 cm³/mol. The lowest BCUT2D eigenvalue weighted by molar-refractivity contribution is -0.148. The summed E-state index contributed by atoms with van der Waals surface area (Å²) in [5, 5.41) is 7.03. The van der Waals surface area contributed by atoms with Crippen molar-refractivity contribution in [1.29, 1.82) is 0 Å². The van der Waals surface area contributed by atoms with Crippen molar-refractivity contribution in [3.8, 4) is 0 Å². The van der Waals surface area contributed by atoms with Gasteiger partial charge in [-0.25, -0.2) is 4.98 Å². The molecule has 1 atom stereocenters. The molecule has 34 heavy (non-hydrogen) atoms. The van der Waals surface area contributed by atoms with E-state index in [-0.39, 0.29) is 42.1 Å². The number of likely N-dealkylation sites (tertiary alicyclic amines) is 1. The third kappa shape index (κ3) is 4.74. The number of benzene rings is 1. The Bertz CT molecular complexity index is 1120. The molecule has 6 rings (SSSR count). The zero-order valence-electron chi connectivity index (χ0n) is 18.9. The van der Waals surface area contributed by atoms with Crippen molar-refractivity contribution >= 4 is 22.7 Å². The number of carbonyl (C=O) groups excluding carboxylic acids is 2. The van der Waals surface area contributed by atoms with Gasteiger partial charge in [0.1, 0.15) is 12.3 Å². The Kier molecular flexibility index (Phi) is 5.55. The van der Waals surface area contributed by atoms with Crippen LogP contribution in [-0.4, -0.2) is 71.3 Å². The average Bonchev–Trinajstić information content (AvgIpc) is 3.14. The van der Waals surface area contributed by atoms with Crippen molar-refractivity contribution in [2.24, 2.45) is 0 Å². The number of alkyl halides is 3. The van der Waals surface area contributed by atoms with Crippen LogP contribution in [0.15, 0.2) is 30.3 Å². The molecule has 1 saturated heterocycles. The lowest BCUT2D eigenvalue weighted by atomic mass is 9.44. The molecule has 0 unspecified atom stereocenters. The van der Waals surface area contributed by atoms with Crippen LogP contribution in [0, 0.1) is 6.92 Å². The predicted octanol–water partition coefficient (Wildman–Crippen LogP) is 2.72. The normalized spacial score (nSPS) is 28.3. The van der Waals surface area contributed by atoms with E-state index < -0.39 is 12.7 Å². The van der Waals surface area contributed by atoms with Crippen LogP contribution in [0.2, 0.25) is 0 Å². The van der Waals surface area contributed by atoms with Gasteiger partial charge in [0.25, 0.3) is 5.91 Å². The Morgan fingerprint density at radius 2 is 1.88 bits per heavy atom. The van der Waals surface area contributed by atoms with Gasteiger partial charge in [0.15, 0.2) is 0 Å². The highest BCUT2D eigenvalue weighted by Gasteiger charge is 2.69. The third-order valence-corrected chi connectivity index (χ3v) is 6.97. The van der Waals surface area contributed by atoms with Gasteiger partial charge in [-0.3, -0.25) is 14.5 Å². The number of fused-ring (bicyclic) bond motifs is 1. The van der Waals surface area contributed by atoms with Crippen LogP contribution in [0.25, 0.3) is 10.9 Å². The maximum atomic E-state index is 12.7. The van der Waals surface area contributed by atoms with Crippen molar-refractivity contribution in [1.82, 2.24) is 20.5 Å². The zero-order valence-corrected chi connectivity index (χ0v) is 18.9. The Morgan fingerprint density at radius 3 is 2.62 bits per heavy atom. The Balaban J connectivity index is 1.06. The highest BCUT2D eigenvalue weighted by molar-refractivity contribution is 5.95. The number of aryl methyl sites for hydroxylation is 1. The number of pyridine rings is 1. The van der Waals surface area contributed by atoms with Gasteiger partial charge < -0.3 is 15.4 Å². The van der Waals surface area contributed by atoms with Crippen LogP contribution in [0.5, 0.6) is 0 Å². The van der Waals surface area contributed by atoms with Crippen molar-refractivity contribution in [2.45, 2.75) is 56.0 Å². The molecule has 182 valence electrons. The fourth-order valence-electron chi connectivity index (χ4n) is 5.59. The number of nitrogens with zero attached hydrogens (tertiary/aromatic N) is 2. The van der Waals surface area contributed by atoms with E-state index >= 15 is 0 Å². The summed E-state index contributed by atoms with van der Waals surface area (Å²) in [5.41, 5.74) is 1.61. The summed E-state index contributed by atoms with van der Waals surface area (Å²) in [4.78, 5) is 30.8. The number of rotatable bonds is 7. The summed E-state index contributed by atoms with van der Waals surface area (Å²) in [6.45, 7) is 1.36. The fraction of sp³-hybridized carbons (Fsp3) is 0.542. The van der Waals surface area contributed by atoms with Crippen LogP contribution in [0.1, 0.15) is 41.7 Å². The standard InChI is InChI=1S/C24H27F3N4O3/c1-15-2-4-18-16(8-15)3-5-19(28-18)21(33)30-23-11-22(12-23,13-23)29-20(32)10-34-17-6-7-31(9-17)14-24(25,26)27/h2-5,8,17H,6-7,9-14H2,1H3,(H,29,32)(H,30,33)/t17-,22?,23?/m1/s1. The first-order chi connectivity index (χ1) is 16.0. The highest BCUT2D eigenvalue weighted by atomic mass is 19.4. The zero-order chi connectivity index (χ0) is 24.1. The molecule has 3 saturated carbocycles. The third-order valence-electron chi connectivity index (χ3n) is 6.97. The van der Waals surface area contributed by atoms with E-state index in [4.69, 9.17) is 4.74 Å². The second-order valence-corrected chi connectivity index (χ2v) is 10.1. The molecule has 1 aromatic heterocycles. The largest absolute Gasteiger partial charge is 0.401 e. The topological polar surface area (TPSA) is 83.6 Å². The van der Waals surface area contributed by atoms with Crippen molar-refractivity contribution < 1.29 is 27.5 Å². The van der Waals surface area contributed by atoms with E-state index in [1.807, 2.05) is 31.2 Å². The van der Waals surface area contributed by atoms with Crippen LogP contribution in [0.4, 0.5) is 13.2 Å². The summed E-state index contributed by atoms with van der Waals surface area (Å²) in [5.74, 6) is -0.504. The number of halogens is 3. The molecule has 10 heteroatoms. The molecule has 2 amide bonds. The van der Waals surface area contributed by atoms with Crippen molar-refractivity contribution in [3.05, 3.63) is 41.6 Å². The first kappa shape index (κ1) is 23.0. The van der Waals surface area contributed by atoms with Gasteiger partial charge in [0.2, 0.25) is 5.91 Å². The van der Waals surface area contributed by atoms with Gasteiger partial charge in [-0.15, -0.1) is 0 Å².